The molecule has 3 aromatic rings. The van der Waals surface area contributed by atoms with Crippen LogP contribution in [0, 0.1) is 0 Å². The highest BCUT2D eigenvalue weighted by molar-refractivity contribution is 5.93. The summed E-state index contributed by atoms with van der Waals surface area (Å²) in [5.41, 5.74) is 2.45. The zero-order valence-corrected chi connectivity index (χ0v) is 11.2. The van der Waals surface area contributed by atoms with Gasteiger partial charge in [0.05, 0.1) is 17.5 Å². The van der Waals surface area contributed by atoms with Gasteiger partial charge in [-0.1, -0.05) is 6.07 Å². The molecule has 0 bridgehead atoms. The topological polar surface area (TPSA) is 64.2 Å². The number of hydrogen-bond acceptors (Lipinski definition) is 3. The van der Waals surface area contributed by atoms with Crippen molar-refractivity contribution in [2.75, 3.05) is 6.54 Å². The second kappa shape index (κ2) is 5.16. The van der Waals surface area contributed by atoms with Crippen LogP contribution in [0.25, 0.3) is 5.65 Å². The van der Waals surface area contributed by atoms with E-state index < -0.39 is 0 Å². The standard InChI is InChI=1S/C14H15N5O/c1-18-9-11(8-16-18)14(20)15-6-5-12-10-19-7-3-2-4-13(19)17-12/h2-4,7-10H,5-6H2,1H3,(H,15,20). The average Bonchev–Trinajstić information content (AvgIpc) is 3.04. The number of carbonyl (C=O) groups excluding carboxylic acids is 1. The van der Waals surface area contributed by atoms with E-state index in [-0.39, 0.29) is 5.91 Å². The number of aromatic nitrogens is 4. The molecule has 0 saturated heterocycles. The molecular formula is C14H15N5O. The van der Waals surface area contributed by atoms with Crippen LogP contribution in [0.2, 0.25) is 0 Å². The highest BCUT2D eigenvalue weighted by Gasteiger charge is 2.07. The first-order valence-electron chi connectivity index (χ1n) is 6.42. The van der Waals surface area contributed by atoms with Crippen molar-refractivity contribution in [2.24, 2.45) is 7.05 Å². The van der Waals surface area contributed by atoms with Gasteiger partial charge in [-0.3, -0.25) is 9.48 Å². The number of nitrogens with one attached hydrogen (secondary N) is 1. The Morgan fingerprint density at radius 3 is 3.00 bits per heavy atom. The van der Waals surface area contributed by atoms with Crippen molar-refractivity contribution in [3.05, 3.63) is 54.2 Å². The first-order chi connectivity index (χ1) is 9.72. The zero-order valence-electron chi connectivity index (χ0n) is 11.2. The molecule has 0 atom stereocenters. The fourth-order valence-electron chi connectivity index (χ4n) is 2.05. The molecule has 6 heteroatoms. The van der Waals surface area contributed by atoms with Crippen LogP contribution in [-0.2, 0) is 13.5 Å². The Morgan fingerprint density at radius 1 is 1.35 bits per heavy atom. The van der Waals surface area contributed by atoms with Crippen LogP contribution < -0.4 is 5.32 Å². The number of rotatable bonds is 4. The summed E-state index contributed by atoms with van der Waals surface area (Å²) in [6.45, 7) is 0.553. The van der Waals surface area contributed by atoms with Gasteiger partial charge >= 0.3 is 0 Å². The molecule has 1 amide bonds. The van der Waals surface area contributed by atoms with Gasteiger partial charge in [0.15, 0.2) is 0 Å². The minimum atomic E-state index is -0.109. The largest absolute Gasteiger partial charge is 0.352 e. The van der Waals surface area contributed by atoms with E-state index in [4.69, 9.17) is 0 Å². The molecule has 3 heterocycles. The molecule has 102 valence electrons. The minimum absolute atomic E-state index is 0.109. The van der Waals surface area contributed by atoms with Crippen LogP contribution in [0.15, 0.2) is 43.0 Å². The van der Waals surface area contributed by atoms with Crippen LogP contribution >= 0.6 is 0 Å². The Kier molecular flexibility index (Phi) is 3.20. The normalized spacial score (nSPS) is 10.8. The molecule has 0 aliphatic heterocycles. The summed E-state index contributed by atoms with van der Waals surface area (Å²) in [4.78, 5) is 16.3. The summed E-state index contributed by atoms with van der Waals surface area (Å²) in [5.74, 6) is -0.109. The second-order valence-corrected chi connectivity index (χ2v) is 4.61. The third kappa shape index (κ3) is 2.54. The quantitative estimate of drug-likeness (QED) is 0.769. The summed E-state index contributed by atoms with van der Waals surface area (Å²) < 4.78 is 3.58. The molecule has 1 N–H and O–H groups in total. The van der Waals surface area contributed by atoms with E-state index in [0.717, 1.165) is 11.3 Å². The molecule has 3 aromatic heterocycles. The van der Waals surface area contributed by atoms with Gasteiger partial charge in [-0.25, -0.2) is 4.98 Å². The maximum absolute atomic E-state index is 11.8. The molecule has 0 fully saturated rings. The van der Waals surface area contributed by atoms with Crippen molar-refractivity contribution in [1.82, 2.24) is 24.5 Å². The van der Waals surface area contributed by atoms with Gasteiger partial charge in [0.1, 0.15) is 5.65 Å². The number of amides is 1. The predicted octanol–water partition coefficient (Wildman–Crippen LogP) is 1.04. The third-order valence-electron chi connectivity index (χ3n) is 3.05. The molecule has 6 nitrogen and oxygen atoms in total. The van der Waals surface area contributed by atoms with Crippen molar-refractivity contribution >= 4 is 11.6 Å². The van der Waals surface area contributed by atoms with Crippen LogP contribution in [0.5, 0.6) is 0 Å². The first-order valence-corrected chi connectivity index (χ1v) is 6.42. The average molecular weight is 269 g/mol. The first kappa shape index (κ1) is 12.4. The summed E-state index contributed by atoms with van der Waals surface area (Å²) in [6, 6.07) is 5.87. The molecule has 0 saturated carbocycles. The Hall–Kier alpha value is -2.63. The Morgan fingerprint density at radius 2 is 2.25 bits per heavy atom. The van der Waals surface area contributed by atoms with Crippen molar-refractivity contribution in [2.45, 2.75) is 6.42 Å². The smallest absolute Gasteiger partial charge is 0.254 e. The Balaban J connectivity index is 1.58. The maximum Gasteiger partial charge on any atom is 0.254 e. The maximum atomic E-state index is 11.8. The third-order valence-corrected chi connectivity index (χ3v) is 3.05. The second-order valence-electron chi connectivity index (χ2n) is 4.61. The van der Waals surface area contributed by atoms with Gasteiger partial charge in [0.2, 0.25) is 0 Å². The lowest BCUT2D eigenvalue weighted by Crippen LogP contribution is -2.25. The molecule has 0 aliphatic carbocycles. The summed E-state index contributed by atoms with van der Waals surface area (Å²) in [5, 5.41) is 6.84. The van der Waals surface area contributed by atoms with E-state index in [1.807, 2.05) is 35.0 Å². The van der Waals surface area contributed by atoms with Crippen LogP contribution in [-0.4, -0.2) is 31.6 Å². The fourth-order valence-corrected chi connectivity index (χ4v) is 2.05. The minimum Gasteiger partial charge on any atom is -0.352 e. The molecule has 0 radical (unpaired) electrons. The number of fused-ring (bicyclic) bond motifs is 1. The molecule has 0 aromatic carbocycles. The number of aryl methyl sites for hydroxylation is 1. The zero-order chi connectivity index (χ0) is 13.9. The van der Waals surface area contributed by atoms with Gasteiger partial charge in [-0.2, -0.15) is 5.10 Å². The lowest BCUT2D eigenvalue weighted by atomic mass is 10.3. The molecule has 0 spiro atoms. The number of pyridine rings is 1. The highest BCUT2D eigenvalue weighted by Crippen LogP contribution is 2.04. The van der Waals surface area contributed by atoms with Crippen LogP contribution in [0.4, 0.5) is 0 Å². The number of carbonyl (C=O) groups is 1. The van der Waals surface area contributed by atoms with Crippen LogP contribution in [0.3, 0.4) is 0 Å². The summed E-state index contributed by atoms with van der Waals surface area (Å²) in [7, 11) is 1.79. The van der Waals surface area contributed by atoms with Crippen molar-refractivity contribution in [1.29, 1.82) is 0 Å². The molecule has 3 rings (SSSR count). The van der Waals surface area contributed by atoms with Crippen molar-refractivity contribution in [3.63, 3.8) is 0 Å². The molecule has 0 aliphatic rings. The summed E-state index contributed by atoms with van der Waals surface area (Å²) in [6.07, 6.45) is 7.89. The van der Waals surface area contributed by atoms with Crippen molar-refractivity contribution in [3.8, 4) is 0 Å². The predicted molar refractivity (Wildman–Crippen MR) is 74.4 cm³/mol. The van der Waals surface area contributed by atoms with E-state index in [1.54, 1.807) is 24.1 Å². The number of nitrogens with zero attached hydrogens (tertiary/aromatic N) is 4. The number of imidazole rings is 1. The molecule has 0 unspecified atom stereocenters. The van der Waals surface area contributed by atoms with E-state index >= 15 is 0 Å². The fraction of sp³-hybridized carbons (Fsp3) is 0.214. The monoisotopic (exact) mass is 269 g/mol. The SMILES string of the molecule is Cn1cc(C(=O)NCCc2cn3ccccc3n2)cn1. The lowest BCUT2D eigenvalue weighted by molar-refractivity contribution is 0.0954. The van der Waals surface area contributed by atoms with E-state index in [2.05, 4.69) is 15.4 Å². The number of hydrogen-bond donors (Lipinski definition) is 1. The van der Waals surface area contributed by atoms with E-state index in [9.17, 15) is 4.79 Å². The molecule has 20 heavy (non-hydrogen) atoms. The summed E-state index contributed by atoms with van der Waals surface area (Å²) >= 11 is 0. The van der Waals surface area contributed by atoms with E-state index in [0.29, 0.717) is 18.5 Å². The van der Waals surface area contributed by atoms with Crippen molar-refractivity contribution < 1.29 is 4.79 Å². The molecular weight excluding hydrogens is 254 g/mol. The van der Waals surface area contributed by atoms with Gasteiger partial charge in [0, 0.05) is 38.6 Å². The highest BCUT2D eigenvalue weighted by atomic mass is 16.1. The van der Waals surface area contributed by atoms with Gasteiger partial charge < -0.3 is 9.72 Å². The Bertz CT molecular complexity index is 710. The van der Waals surface area contributed by atoms with Gasteiger partial charge in [-0.05, 0) is 12.1 Å². The van der Waals surface area contributed by atoms with E-state index in [1.165, 1.54) is 0 Å². The van der Waals surface area contributed by atoms with Crippen LogP contribution in [0.1, 0.15) is 16.1 Å². The van der Waals surface area contributed by atoms with Gasteiger partial charge in [0.25, 0.3) is 5.91 Å². The Labute approximate surface area is 116 Å². The lowest BCUT2D eigenvalue weighted by Gasteiger charge is -2.01. The van der Waals surface area contributed by atoms with Gasteiger partial charge in [-0.15, -0.1) is 0 Å².